The quantitative estimate of drug-likeness (QED) is 0.498. The molecule has 2 aliphatic heterocycles. The standard InChI is InChI=1S/C30H32N4O4/c35-28(33-17-13-21(14-18-33)12-16-32-27-11-5-6-15-31-27)20-34-26-10-4-3-8-23(26)25(19-29(36)37)22-7-1-2-9-24(22)30(34)38/h1-11,15,21,25H,12-14,16-20H2,(H,31,32)(H,36,37)/p-1. The van der Waals surface area contributed by atoms with Crippen LogP contribution >= 0.6 is 0 Å². The molecule has 1 N–H and O–H groups in total. The highest BCUT2D eigenvalue weighted by Gasteiger charge is 2.34. The average molecular weight is 512 g/mol. The number of anilines is 2. The summed E-state index contributed by atoms with van der Waals surface area (Å²) < 4.78 is 0. The van der Waals surface area contributed by atoms with E-state index in [1.54, 1.807) is 42.6 Å². The van der Waals surface area contributed by atoms with Crippen LogP contribution in [0.1, 0.15) is 53.1 Å². The number of para-hydroxylation sites is 1. The van der Waals surface area contributed by atoms with Crippen molar-refractivity contribution in [3.05, 3.63) is 89.6 Å². The first kappa shape index (κ1) is 25.4. The van der Waals surface area contributed by atoms with Crippen molar-refractivity contribution in [2.45, 2.75) is 31.6 Å². The molecule has 8 heteroatoms. The van der Waals surface area contributed by atoms with Gasteiger partial charge >= 0.3 is 0 Å². The number of carbonyl (C=O) groups excluding carboxylic acids is 3. The second kappa shape index (κ2) is 11.5. The first-order chi connectivity index (χ1) is 18.5. The molecule has 1 fully saturated rings. The molecule has 196 valence electrons. The van der Waals surface area contributed by atoms with Crippen LogP contribution < -0.4 is 15.3 Å². The number of nitrogens with one attached hydrogen (secondary N) is 1. The second-order valence-electron chi connectivity index (χ2n) is 9.92. The molecule has 0 aliphatic carbocycles. The zero-order valence-corrected chi connectivity index (χ0v) is 21.2. The number of aromatic nitrogens is 1. The van der Waals surface area contributed by atoms with Crippen LogP contribution in [0, 0.1) is 5.92 Å². The number of aliphatic carboxylic acids is 1. The minimum Gasteiger partial charge on any atom is -0.550 e. The molecule has 0 saturated carbocycles. The molecular formula is C30H31N4O4-. The number of pyridine rings is 1. The molecule has 3 aromatic rings. The number of hydrogen-bond acceptors (Lipinski definition) is 6. The van der Waals surface area contributed by atoms with E-state index in [0.29, 0.717) is 41.4 Å². The minimum absolute atomic E-state index is 0.0892. The number of likely N-dealkylation sites (tertiary alicyclic amines) is 1. The zero-order chi connectivity index (χ0) is 26.5. The number of piperidine rings is 1. The fourth-order valence-electron chi connectivity index (χ4n) is 5.57. The van der Waals surface area contributed by atoms with Crippen molar-refractivity contribution in [2.75, 3.05) is 36.4 Å². The van der Waals surface area contributed by atoms with Crippen LogP contribution in [0.5, 0.6) is 0 Å². The lowest BCUT2D eigenvalue weighted by Crippen LogP contribution is -2.46. The second-order valence-corrected chi connectivity index (χ2v) is 9.92. The number of benzene rings is 2. The smallest absolute Gasteiger partial charge is 0.259 e. The van der Waals surface area contributed by atoms with Crippen molar-refractivity contribution in [1.29, 1.82) is 0 Å². The van der Waals surface area contributed by atoms with Crippen LogP contribution in [0.4, 0.5) is 11.5 Å². The van der Waals surface area contributed by atoms with Crippen LogP contribution in [-0.2, 0) is 9.59 Å². The monoisotopic (exact) mass is 511 g/mol. The Morgan fingerprint density at radius 1 is 0.947 bits per heavy atom. The molecule has 38 heavy (non-hydrogen) atoms. The van der Waals surface area contributed by atoms with Crippen molar-refractivity contribution in [3.8, 4) is 0 Å². The highest BCUT2D eigenvalue weighted by molar-refractivity contribution is 6.11. The van der Waals surface area contributed by atoms with Gasteiger partial charge < -0.3 is 20.1 Å². The Labute approximate surface area is 222 Å². The molecular weight excluding hydrogens is 480 g/mol. The molecule has 8 nitrogen and oxygen atoms in total. The molecule has 1 saturated heterocycles. The number of carboxylic acid groups (broad SMARTS) is 1. The number of hydrogen-bond donors (Lipinski definition) is 1. The molecule has 0 radical (unpaired) electrons. The average Bonchev–Trinajstić information content (AvgIpc) is 3.03. The van der Waals surface area contributed by atoms with Gasteiger partial charge in [-0.1, -0.05) is 42.5 Å². The van der Waals surface area contributed by atoms with E-state index in [0.717, 1.165) is 31.6 Å². The van der Waals surface area contributed by atoms with E-state index in [1.165, 1.54) is 4.90 Å². The van der Waals surface area contributed by atoms with Crippen molar-refractivity contribution >= 4 is 29.3 Å². The van der Waals surface area contributed by atoms with Crippen LogP contribution in [0.15, 0.2) is 72.9 Å². The fourth-order valence-corrected chi connectivity index (χ4v) is 5.57. The SMILES string of the molecule is O=C([O-])CC1c2ccccc2C(=O)N(CC(=O)N2CCC(CCNc3ccccn3)CC2)c2ccccc21. The summed E-state index contributed by atoms with van der Waals surface area (Å²) in [5.74, 6) is -0.729. The summed E-state index contributed by atoms with van der Waals surface area (Å²) in [4.78, 5) is 46.4. The van der Waals surface area contributed by atoms with E-state index < -0.39 is 11.9 Å². The minimum atomic E-state index is -1.19. The molecule has 2 aromatic carbocycles. The Morgan fingerprint density at radius 3 is 2.39 bits per heavy atom. The maximum absolute atomic E-state index is 13.7. The van der Waals surface area contributed by atoms with Gasteiger partial charge in [0, 0.05) is 49.0 Å². The largest absolute Gasteiger partial charge is 0.550 e. The number of nitrogens with zero attached hydrogens (tertiary/aromatic N) is 3. The predicted molar refractivity (Wildman–Crippen MR) is 143 cm³/mol. The van der Waals surface area contributed by atoms with E-state index >= 15 is 0 Å². The molecule has 5 rings (SSSR count). The Bertz CT molecular complexity index is 1300. The fraction of sp³-hybridized carbons (Fsp3) is 0.333. The number of rotatable bonds is 8. The summed E-state index contributed by atoms with van der Waals surface area (Å²) in [6, 6.07) is 20.1. The van der Waals surface area contributed by atoms with Gasteiger partial charge in [-0.25, -0.2) is 4.98 Å². The van der Waals surface area contributed by atoms with E-state index in [4.69, 9.17) is 0 Å². The third-order valence-corrected chi connectivity index (χ3v) is 7.57. The highest BCUT2D eigenvalue weighted by Crippen LogP contribution is 2.40. The lowest BCUT2D eigenvalue weighted by Gasteiger charge is -2.34. The van der Waals surface area contributed by atoms with Gasteiger partial charge in [-0.3, -0.25) is 14.5 Å². The third-order valence-electron chi connectivity index (χ3n) is 7.57. The van der Waals surface area contributed by atoms with E-state index in [-0.39, 0.29) is 24.8 Å². The normalized spacial score (nSPS) is 17.4. The lowest BCUT2D eigenvalue weighted by molar-refractivity contribution is -0.306. The Kier molecular flexibility index (Phi) is 7.67. The summed E-state index contributed by atoms with van der Waals surface area (Å²) in [7, 11) is 0. The van der Waals surface area contributed by atoms with Crippen LogP contribution in [0.2, 0.25) is 0 Å². The van der Waals surface area contributed by atoms with Gasteiger partial charge in [-0.2, -0.15) is 0 Å². The van der Waals surface area contributed by atoms with Gasteiger partial charge in [0.15, 0.2) is 0 Å². The Morgan fingerprint density at radius 2 is 1.66 bits per heavy atom. The molecule has 2 amide bonds. The van der Waals surface area contributed by atoms with Crippen molar-refractivity contribution in [2.24, 2.45) is 5.92 Å². The maximum Gasteiger partial charge on any atom is 0.259 e. The first-order valence-electron chi connectivity index (χ1n) is 13.1. The van der Waals surface area contributed by atoms with Crippen molar-refractivity contribution < 1.29 is 19.5 Å². The molecule has 3 heterocycles. The summed E-state index contributed by atoms with van der Waals surface area (Å²) in [6.45, 7) is 2.05. The van der Waals surface area contributed by atoms with Gasteiger partial charge in [0.25, 0.3) is 5.91 Å². The predicted octanol–water partition coefficient (Wildman–Crippen LogP) is 3.05. The summed E-state index contributed by atoms with van der Waals surface area (Å²) in [5, 5.41) is 15.0. The van der Waals surface area contributed by atoms with Gasteiger partial charge in [-0.15, -0.1) is 0 Å². The van der Waals surface area contributed by atoms with Gasteiger partial charge in [0.1, 0.15) is 12.4 Å². The zero-order valence-electron chi connectivity index (χ0n) is 21.2. The molecule has 1 atom stereocenters. The number of fused-ring (bicyclic) bond motifs is 2. The summed E-state index contributed by atoms with van der Waals surface area (Å²) >= 11 is 0. The van der Waals surface area contributed by atoms with Crippen LogP contribution in [-0.4, -0.2) is 53.8 Å². The summed E-state index contributed by atoms with van der Waals surface area (Å²) in [5.41, 5.74) is 2.34. The number of carboxylic acids is 1. The molecule has 1 unspecified atom stereocenters. The topological polar surface area (TPSA) is 106 Å². The highest BCUT2D eigenvalue weighted by atomic mass is 16.4. The van der Waals surface area contributed by atoms with Crippen molar-refractivity contribution in [3.63, 3.8) is 0 Å². The lowest BCUT2D eigenvalue weighted by atomic mass is 9.86. The molecule has 0 spiro atoms. The Hall–Kier alpha value is -4.20. The van der Waals surface area contributed by atoms with E-state index in [9.17, 15) is 19.5 Å². The van der Waals surface area contributed by atoms with Gasteiger partial charge in [-0.05, 0) is 67.0 Å². The van der Waals surface area contributed by atoms with E-state index in [2.05, 4.69) is 10.3 Å². The van der Waals surface area contributed by atoms with Gasteiger partial charge in [0.05, 0.1) is 0 Å². The number of amides is 2. The van der Waals surface area contributed by atoms with E-state index in [1.807, 2.05) is 35.2 Å². The van der Waals surface area contributed by atoms with Crippen LogP contribution in [0.25, 0.3) is 0 Å². The number of carbonyl (C=O) groups is 3. The maximum atomic E-state index is 13.7. The van der Waals surface area contributed by atoms with Gasteiger partial charge in [0.2, 0.25) is 5.91 Å². The van der Waals surface area contributed by atoms with Crippen LogP contribution in [0.3, 0.4) is 0 Å². The Balaban J connectivity index is 1.27. The summed E-state index contributed by atoms with van der Waals surface area (Å²) in [6.07, 6.45) is 4.36. The molecule has 0 bridgehead atoms. The molecule has 2 aliphatic rings. The third kappa shape index (κ3) is 5.54. The molecule has 1 aromatic heterocycles. The first-order valence-corrected chi connectivity index (χ1v) is 13.1. The van der Waals surface area contributed by atoms with Crippen molar-refractivity contribution in [1.82, 2.24) is 9.88 Å².